The van der Waals surface area contributed by atoms with Gasteiger partial charge in [0.2, 0.25) is 0 Å². The van der Waals surface area contributed by atoms with Crippen LogP contribution in [0.1, 0.15) is 5.56 Å². The van der Waals surface area contributed by atoms with Crippen molar-refractivity contribution in [3.8, 4) is 5.75 Å². The van der Waals surface area contributed by atoms with Gasteiger partial charge in [-0.25, -0.2) is 13.7 Å². The molecular weight excluding hydrogens is 422 g/mol. The summed E-state index contributed by atoms with van der Waals surface area (Å²) in [6, 6.07) is 9.32. The molecule has 2 aromatic rings. The van der Waals surface area contributed by atoms with Gasteiger partial charge in [0, 0.05) is 33.4 Å². The van der Waals surface area contributed by atoms with Crippen molar-refractivity contribution < 1.29 is 32.6 Å². The molecule has 0 spiro atoms. The number of amides is 2. The Morgan fingerprint density at radius 1 is 0.875 bits per heavy atom. The maximum atomic E-state index is 14.5. The maximum absolute atomic E-state index is 14.5. The van der Waals surface area contributed by atoms with E-state index in [2.05, 4.69) is 0 Å². The van der Waals surface area contributed by atoms with Gasteiger partial charge in [0.15, 0.2) is 0 Å². The Bertz CT molecular complexity index is 1020. The molecular formula is C23H24F2N2O5. The van der Waals surface area contributed by atoms with E-state index in [9.17, 15) is 18.4 Å². The molecule has 2 amide bonds. The van der Waals surface area contributed by atoms with E-state index in [1.165, 1.54) is 21.3 Å². The second-order valence-corrected chi connectivity index (χ2v) is 6.97. The first-order chi connectivity index (χ1) is 15.4. The summed E-state index contributed by atoms with van der Waals surface area (Å²) in [6.45, 7) is 1.17. The van der Waals surface area contributed by atoms with Crippen LogP contribution in [0.15, 0.2) is 48.2 Å². The van der Waals surface area contributed by atoms with E-state index < -0.39 is 23.4 Å². The largest absolute Gasteiger partial charge is 0.497 e. The van der Waals surface area contributed by atoms with Crippen molar-refractivity contribution >= 4 is 23.1 Å². The molecule has 0 aromatic heterocycles. The van der Waals surface area contributed by atoms with E-state index in [1.807, 2.05) is 0 Å². The van der Waals surface area contributed by atoms with Crippen LogP contribution in [-0.4, -0.2) is 64.3 Å². The Morgan fingerprint density at radius 2 is 1.50 bits per heavy atom. The van der Waals surface area contributed by atoms with E-state index in [-0.39, 0.29) is 30.2 Å². The summed E-state index contributed by atoms with van der Waals surface area (Å²) < 4.78 is 43.5. The predicted octanol–water partition coefficient (Wildman–Crippen LogP) is 2.85. The molecule has 32 heavy (non-hydrogen) atoms. The summed E-state index contributed by atoms with van der Waals surface area (Å²) in [5.41, 5.74) is 0.344. The van der Waals surface area contributed by atoms with Crippen LogP contribution in [0.5, 0.6) is 5.75 Å². The lowest BCUT2D eigenvalue weighted by atomic mass is 10.0. The lowest BCUT2D eigenvalue weighted by Gasteiger charge is -2.25. The second-order valence-electron chi connectivity index (χ2n) is 6.97. The SMILES string of the molecule is COCCN(CCOC)C1=C(c2ccc(OC)cc2)C(=O)N(c2ccc(F)cc2F)C1=O. The van der Waals surface area contributed by atoms with Crippen LogP contribution in [0.3, 0.4) is 0 Å². The average molecular weight is 446 g/mol. The van der Waals surface area contributed by atoms with Crippen molar-refractivity contribution in [3.63, 3.8) is 0 Å². The monoisotopic (exact) mass is 446 g/mol. The molecule has 0 unspecified atom stereocenters. The molecule has 1 heterocycles. The van der Waals surface area contributed by atoms with Crippen molar-refractivity contribution in [2.75, 3.05) is 52.5 Å². The first-order valence-corrected chi connectivity index (χ1v) is 9.88. The first-order valence-electron chi connectivity index (χ1n) is 9.88. The Hall–Kier alpha value is -3.30. The van der Waals surface area contributed by atoms with Gasteiger partial charge in [0.25, 0.3) is 11.8 Å². The molecule has 0 saturated heterocycles. The highest BCUT2D eigenvalue weighted by Gasteiger charge is 2.43. The Morgan fingerprint density at radius 3 is 2.03 bits per heavy atom. The number of ether oxygens (including phenoxy) is 3. The minimum Gasteiger partial charge on any atom is -0.497 e. The molecule has 3 rings (SSSR count). The van der Waals surface area contributed by atoms with E-state index in [4.69, 9.17) is 14.2 Å². The molecule has 0 aliphatic carbocycles. The van der Waals surface area contributed by atoms with Gasteiger partial charge in [0.1, 0.15) is 23.1 Å². The van der Waals surface area contributed by atoms with Gasteiger partial charge in [-0.2, -0.15) is 0 Å². The first kappa shape index (κ1) is 23.4. The van der Waals surface area contributed by atoms with Crippen LogP contribution in [0.4, 0.5) is 14.5 Å². The molecule has 0 N–H and O–H groups in total. The van der Waals surface area contributed by atoms with Crippen molar-refractivity contribution in [2.24, 2.45) is 0 Å². The van der Waals surface area contributed by atoms with Gasteiger partial charge >= 0.3 is 0 Å². The van der Waals surface area contributed by atoms with E-state index >= 15 is 0 Å². The number of imide groups is 1. The van der Waals surface area contributed by atoms with E-state index in [0.29, 0.717) is 30.5 Å². The van der Waals surface area contributed by atoms with Crippen LogP contribution < -0.4 is 9.64 Å². The fraction of sp³-hybridized carbons (Fsp3) is 0.304. The zero-order chi connectivity index (χ0) is 23.3. The number of halogens is 2. The summed E-state index contributed by atoms with van der Waals surface area (Å²) >= 11 is 0. The number of carbonyl (C=O) groups is 2. The summed E-state index contributed by atoms with van der Waals surface area (Å²) in [7, 11) is 4.56. The summed E-state index contributed by atoms with van der Waals surface area (Å²) in [5.74, 6) is -2.66. The Kier molecular flexibility index (Phi) is 7.55. The molecule has 0 radical (unpaired) electrons. The fourth-order valence-corrected chi connectivity index (χ4v) is 3.45. The number of hydrogen-bond donors (Lipinski definition) is 0. The molecule has 0 bridgehead atoms. The zero-order valence-corrected chi connectivity index (χ0v) is 18.1. The third kappa shape index (κ3) is 4.63. The Labute approximate surface area is 184 Å². The highest BCUT2D eigenvalue weighted by Crippen LogP contribution is 2.36. The maximum Gasteiger partial charge on any atom is 0.282 e. The normalized spacial score (nSPS) is 13.8. The number of nitrogens with zero attached hydrogens (tertiary/aromatic N) is 2. The number of anilines is 1. The predicted molar refractivity (Wildman–Crippen MR) is 114 cm³/mol. The van der Waals surface area contributed by atoms with Crippen LogP contribution in [0.2, 0.25) is 0 Å². The van der Waals surface area contributed by atoms with Gasteiger partial charge in [-0.05, 0) is 29.8 Å². The summed E-state index contributed by atoms with van der Waals surface area (Å²) in [5, 5.41) is 0. The highest BCUT2D eigenvalue weighted by atomic mass is 19.1. The standard InChI is InChI=1S/C23H24F2N2O5/c1-30-12-10-26(11-13-31-2)21-20(15-4-7-17(32-3)8-5-15)22(28)27(23(21)29)19-9-6-16(24)14-18(19)25/h4-9,14H,10-13H2,1-3H3. The lowest BCUT2D eigenvalue weighted by Crippen LogP contribution is -2.38. The van der Waals surface area contributed by atoms with Gasteiger partial charge < -0.3 is 19.1 Å². The molecule has 1 aliphatic rings. The summed E-state index contributed by atoms with van der Waals surface area (Å²) in [4.78, 5) is 29.3. The van der Waals surface area contributed by atoms with E-state index in [0.717, 1.165) is 17.0 Å². The van der Waals surface area contributed by atoms with E-state index in [1.54, 1.807) is 29.2 Å². The number of hydrogen-bond acceptors (Lipinski definition) is 6. The smallest absolute Gasteiger partial charge is 0.282 e. The van der Waals surface area contributed by atoms with Crippen molar-refractivity contribution in [2.45, 2.75) is 0 Å². The molecule has 9 heteroatoms. The highest BCUT2D eigenvalue weighted by molar-refractivity contribution is 6.45. The van der Waals surface area contributed by atoms with Crippen molar-refractivity contribution in [1.82, 2.24) is 4.90 Å². The number of benzene rings is 2. The fourth-order valence-electron chi connectivity index (χ4n) is 3.45. The third-order valence-electron chi connectivity index (χ3n) is 5.04. The number of rotatable bonds is 10. The molecule has 170 valence electrons. The van der Waals surface area contributed by atoms with Gasteiger partial charge in [-0.1, -0.05) is 12.1 Å². The lowest BCUT2D eigenvalue weighted by molar-refractivity contribution is -0.120. The number of methoxy groups -OCH3 is 3. The van der Waals surface area contributed by atoms with Gasteiger partial charge in [-0.3, -0.25) is 9.59 Å². The van der Waals surface area contributed by atoms with Gasteiger partial charge in [0.05, 0.1) is 31.6 Å². The molecule has 1 aliphatic heterocycles. The second kappa shape index (κ2) is 10.3. The topological polar surface area (TPSA) is 68.3 Å². The third-order valence-corrected chi connectivity index (χ3v) is 5.04. The van der Waals surface area contributed by atoms with Crippen LogP contribution in [0, 0.1) is 11.6 Å². The molecule has 0 saturated carbocycles. The van der Waals surface area contributed by atoms with Crippen molar-refractivity contribution in [1.29, 1.82) is 0 Å². The van der Waals surface area contributed by atoms with Crippen LogP contribution in [0.25, 0.3) is 5.57 Å². The Balaban J connectivity index is 2.14. The molecule has 0 atom stereocenters. The quantitative estimate of drug-likeness (QED) is 0.523. The number of carbonyl (C=O) groups excluding carboxylic acids is 2. The molecule has 7 nitrogen and oxygen atoms in total. The molecule has 2 aromatic carbocycles. The minimum absolute atomic E-state index is 0.0954. The average Bonchev–Trinajstić information content (AvgIpc) is 3.04. The zero-order valence-electron chi connectivity index (χ0n) is 18.1. The summed E-state index contributed by atoms with van der Waals surface area (Å²) in [6.07, 6.45) is 0. The minimum atomic E-state index is -1.01. The van der Waals surface area contributed by atoms with Crippen molar-refractivity contribution in [3.05, 3.63) is 65.4 Å². The van der Waals surface area contributed by atoms with Gasteiger partial charge in [-0.15, -0.1) is 0 Å². The molecule has 0 fully saturated rings. The van der Waals surface area contributed by atoms with Crippen LogP contribution >= 0.6 is 0 Å². The van der Waals surface area contributed by atoms with Crippen LogP contribution in [-0.2, 0) is 19.1 Å².